The van der Waals surface area contributed by atoms with Crippen molar-refractivity contribution < 1.29 is 9.53 Å². The van der Waals surface area contributed by atoms with Gasteiger partial charge in [0.25, 0.3) is 0 Å². The van der Waals surface area contributed by atoms with Crippen LogP contribution in [0.25, 0.3) is 0 Å². The van der Waals surface area contributed by atoms with Crippen LogP contribution >= 0.6 is 0 Å². The average Bonchev–Trinajstić information content (AvgIpc) is 2.40. The summed E-state index contributed by atoms with van der Waals surface area (Å²) in [5.41, 5.74) is 1.77. The monoisotopic (exact) mass is 248 g/mol. The van der Waals surface area contributed by atoms with Gasteiger partial charge >= 0.3 is 0 Å². The Balaban J connectivity index is 1.78. The minimum Gasteiger partial charge on any atom is -0.384 e. The van der Waals surface area contributed by atoms with E-state index in [9.17, 15) is 4.79 Å². The van der Waals surface area contributed by atoms with Crippen LogP contribution in [0.4, 0.5) is 5.69 Å². The number of ketones is 1. The molecule has 0 aromatic heterocycles. The molecule has 4 nitrogen and oxygen atoms in total. The second-order valence-electron chi connectivity index (χ2n) is 4.52. The Morgan fingerprint density at radius 3 is 2.89 bits per heavy atom. The zero-order chi connectivity index (χ0) is 12.8. The Morgan fingerprint density at radius 1 is 1.39 bits per heavy atom. The number of carbonyl (C=O) groups excluding carboxylic acids is 1. The van der Waals surface area contributed by atoms with Crippen LogP contribution in [0.3, 0.4) is 0 Å². The van der Waals surface area contributed by atoms with Gasteiger partial charge in [0.2, 0.25) is 0 Å². The van der Waals surface area contributed by atoms with Crippen LogP contribution in [0.15, 0.2) is 24.3 Å². The maximum Gasteiger partial charge on any atom is 0.159 e. The van der Waals surface area contributed by atoms with E-state index in [1.54, 1.807) is 6.92 Å². The van der Waals surface area contributed by atoms with Gasteiger partial charge in [-0.25, -0.2) is 0 Å². The number of nitrogens with zero attached hydrogens (tertiary/aromatic N) is 1. The lowest BCUT2D eigenvalue weighted by Gasteiger charge is -2.26. The summed E-state index contributed by atoms with van der Waals surface area (Å²) in [6.07, 6.45) is 0. The normalized spacial score (nSPS) is 16.5. The SMILES string of the molecule is CC(=O)c1cccc(NCCN2CCOCC2)c1. The van der Waals surface area contributed by atoms with Gasteiger partial charge in [-0.2, -0.15) is 0 Å². The first-order valence-corrected chi connectivity index (χ1v) is 6.41. The highest BCUT2D eigenvalue weighted by Gasteiger charge is 2.09. The van der Waals surface area contributed by atoms with Crippen LogP contribution in [-0.4, -0.2) is 50.1 Å². The Morgan fingerprint density at radius 2 is 2.17 bits per heavy atom. The first kappa shape index (κ1) is 13.1. The molecule has 98 valence electrons. The Bertz CT molecular complexity index is 401. The fourth-order valence-corrected chi connectivity index (χ4v) is 2.03. The number of morpholine rings is 1. The lowest BCUT2D eigenvalue weighted by molar-refractivity contribution is 0.0398. The molecule has 0 radical (unpaired) electrons. The molecular formula is C14H20N2O2. The summed E-state index contributed by atoms with van der Waals surface area (Å²) >= 11 is 0. The van der Waals surface area contributed by atoms with Crippen molar-refractivity contribution >= 4 is 11.5 Å². The van der Waals surface area contributed by atoms with Gasteiger partial charge in [0.1, 0.15) is 0 Å². The minimum atomic E-state index is 0.104. The molecule has 1 aromatic carbocycles. The van der Waals surface area contributed by atoms with Gasteiger partial charge in [-0.3, -0.25) is 9.69 Å². The average molecular weight is 248 g/mol. The van der Waals surface area contributed by atoms with Gasteiger partial charge in [-0.05, 0) is 19.1 Å². The zero-order valence-electron chi connectivity index (χ0n) is 10.8. The van der Waals surface area contributed by atoms with Crippen molar-refractivity contribution in [3.05, 3.63) is 29.8 Å². The molecule has 1 aliphatic rings. The number of rotatable bonds is 5. The van der Waals surface area contributed by atoms with E-state index >= 15 is 0 Å². The van der Waals surface area contributed by atoms with Crippen molar-refractivity contribution in [3.8, 4) is 0 Å². The molecule has 0 aliphatic carbocycles. The van der Waals surface area contributed by atoms with E-state index in [1.165, 1.54) is 0 Å². The quantitative estimate of drug-likeness (QED) is 0.804. The van der Waals surface area contributed by atoms with Gasteiger partial charge in [0.15, 0.2) is 5.78 Å². The van der Waals surface area contributed by atoms with Gasteiger partial charge < -0.3 is 10.1 Å². The third kappa shape index (κ3) is 3.82. The van der Waals surface area contributed by atoms with Crippen LogP contribution in [0.5, 0.6) is 0 Å². The molecule has 18 heavy (non-hydrogen) atoms. The van der Waals surface area contributed by atoms with E-state index in [2.05, 4.69) is 10.2 Å². The summed E-state index contributed by atoms with van der Waals surface area (Å²) in [5, 5.41) is 3.35. The maximum absolute atomic E-state index is 11.3. The van der Waals surface area contributed by atoms with Crippen molar-refractivity contribution in [2.75, 3.05) is 44.7 Å². The minimum absolute atomic E-state index is 0.104. The highest BCUT2D eigenvalue weighted by Crippen LogP contribution is 2.10. The largest absolute Gasteiger partial charge is 0.384 e. The topological polar surface area (TPSA) is 41.6 Å². The Hall–Kier alpha value is -1.39. The summed E-state index contributed by atoms with van der Waals surface area (Å²) in [6, 6.07) is 7.65. The molecule has 0 unspecified atom stereocenters. The van der Waals surface area contributed by atoms with Crippen LogP contribution in [0.2, 0.25) is 0 Å². The molecule has 0 bridgehead atoms. The number of anilines is 1. The summed E-state index contributed by atoms with van der Waals surface area (Å²) in [6.45, 7) is 7.17. The van der Waals surface area contributed by atoms with Gasteiger partial charge in [-0.1, -0.05) is 12.1 Å². The van der Waals surface area contributed by atoms with Crippen molar-refractivity contribution in [2.45, 2.75) is 6.92 Å². The summed E-state index contributed by atoms with van der Waals surface area (Å²) < 4.78 is 5.31. The number of carbonyl (C=O) groups is 1. The molecular weight excluding hydrogens is 228 g/mol. The molecule has 0 spiro atoms. The van der Waals surface area contributed by atoms with Gasteiger partial charge in [0.05, 0.1) is 13.2 Å². The lowest BCUT2D eigenvalue weighted by atomic mass is 10.1. The van der Waals surface area contributed by atoms with E-state index in [0.29, 0.717) is 0 Å². The van der Waals surface area contributed by atoms with E-state index in [4.69, 9.17) is 4.74 Å². The molecule has 0 atom stereocenters. The molecule has 1 N–H and O–H groups in total. The van der Waals surface area contributed by atoms with Gasteiger partial charge in [-0.15, -0.1) is 0 Å². The molecule has 2 rings (SSSR count). The summed E-state index contributed by atoms with van der Waals surface area (Å²) in [7, 11) is 0. The predicted octanol–water partition coefficient (Wildman–Crippen LogP) is 1.63. The van der Waals surface area contributed by atoms with Crippen LogP contribution in [-0.2, 0) is 4.74 Å². The standard InChI is InChI=1S/C14H20N2O2/c1-12(17)13-3-2-4-14(11-13)15-5-6-16-7-9-18-10-8-16/h2-4,11,15H,5-10H2,1H3. The number of nitrogens with one attached hydrogen (secondary N) is 1. The molecule has 1 aromatic rings. The fraction of sp³-hybridized carbons (Fsp3) is 0.500. The fourth-order valence-electron chi connectivity index (χ4n) is 2.03. The van der Waals surface area contributed by atoms with E-state index in [-0.39, 0.29) is 5.78 Å². The molecule has 0 amide bonds. The van der Waals surface area contributed by atoms with Crippen LogP contribution in [0.1, 0.15) is 17.3 Å². The van der Waals surface area contributed by atoms with Crippen LogP contribution < -0.4 is 5.32 Å². The van der Waals surface area contributed by atoms with Crippen LogP contribution in [0, 0.1) is 0 Å². The number of hydrogen-bond acceptors (Lipinski definition) is 4. The summed E-state index contributed by atoms with van der Waals surface area (Å²) in [4.78, 5) is 13.6. The number of hydrogen-bond donors (Lipinski definition) is 1. The van der Waals surface area contributed by atoms with Crippen molar-refractivity contribution in [2.24, 2.45) is 0 Å². The Kier molecular flexibility index (Phi) is 4.73. The maximum atomic E-state index is 11.3. The van der Waals surface area contributed by atoms with Crippen molar-refractivity contribution in [3.63, 3.8) is 0 Å². The van der Waals surface area contributed by atoms with E-state index in [1.807, 2.05) is 24.3 Å². The molecule has 1 saturated heterocycles. The summed E-state index contributed by atoms with van der Waals surface area (Å²) in [5.74, 6) is 0.104. The lowest BCUT2D eigenvalue weighted by Crippen LogP contribution is -2.39. The molecule has 1 fully saturated rings. The highest BCUT2D eigenvalue weighted by molar-refractivity contribution is 5.94. The third-order valence-corrected chi connectivity index (χ3v) is 3.13. The second-order valence-corrected chi connectivity index (χ2v) is 4.52. The van der Waals surface area contributed by atoms with Gasteiger partial charge in [0, 0.05) is 37.4 Å². The third-order valence-electron chi connectivity index (χ3n) is 3.13. The van der Waals surface area contributed by atoms with E-state index in [0.717, 1.165) is 50.6 Å². The number of benzene rings is 1. The molecule has 1 aliphatic heterocycles. The Labute approximate surface area is 108 Å². The molecule has 4 heteroatoms. The van der Waals surface area contributed by atoms with E-state index < -0.39 is 0 Å². The number of Topliss-reactive ketones (excluding diaryl/α,β-unsaturated/α-hetero) is 1. The van der Waals surface area contributed by atoms with Crippen molar-refractivity contribution in [1.29, 1.82) is 0 Å². The van der Waals surface area contributed by atoms with Crippen molar-refractivity contribution in [1.82, 2.24) is 4.90 Å². The smallest absolute Gasteiger partial charge is 0.159 e. The first-order chi connectivity index (χ1) is 8.75. The highest BCUT2D eigenvalue weighted by atomic mass is 16.5. The zero-order valence-corrected chi connectivity index (χ0v) is 10.8. The molecule has 0 saturated carbocycles. The first-order valence-electron chi connectivity index (χ1n) is 6.41. The second kappa shape index (κ2) is 6.52. The predicted molar refractivity (Wildman–Crippen MR) is 72.2 cm³/mol. The molecule has 1 heterocycles. The number of ether oxygens (including phenoxy) is 1.